The standard InChI is InChI=1S/C10H5BrO/c11-10-8(6-12)5-7-3-1-2-4-9(7)10/h1-5H. The Bertz CT molecular complexity index is 493. The van der Waals surface area contributed by atoms with Crippen LogP contribution in [0, 0.1) is 0 Å². The third-order valence-electron chi connectivity index (χ3n) is 1.84. The molecule has 0 heterocycles. The first-order chi connectivity index (χ1) is 5.83. The molecule has 1 nitrogen and oxygen atoms in total. The molecule has 0 spiro atoms. The van der Waals surface area contributed by atoms with Gasteiger partial charge in [-0.2, -0.15) is 0 Å². The number of hydrogen-bond donors (Lipinski definition) is 0. The van der Waals surface area contributed by atoms with E-state index in [1.807, 2.05) is 36.3 Å². The van der Waals surface area contributed by atoms with E-state index < -0.39 is 0 Å². The van der Waals surface area contributed by atoms with Crippen molar-refractivity contribution in [2.24, 2.45) is 0 Å². The van der Waals surface area contributed by atoms with Crippen LogP contribution in [0.3, 0.4) is 0 Å². The molecule has 58 valence electrons. The van der Waals surface area contributed by atoms with Crippen molar-refractivity contribution in [3.8, 4) is 0 Å². The van der Waals surface area contributed by atoms with Crippen LogP contribution in [0.4, 0.5) is 0 Å². The van der Waals surface area contributed by atoms with Crippen molar-refractivity contribution in [1.29, 1.82) is 0 Å². The Morgan fingerprint density at radius 3 is 2.67 bits per heavy atom. The molecule has 0 aliphatic heterocycles. The molecule has 2 rings (SSSR count). The molecule has 0 radical (unpaired) electrons. The summed E-state index contributed by atoms with van der Waals surface area (Å²) in [5.74, 6) is 1.89. The summed E-state index contributed by atoms with van der Waals surface area (Å²) in [7, 11) is 0. The molecule has 2 heteroatoms. The minimum Gasteiger partial charge on any atom is -0.233 e. The quantitative estimate of drug-likeness (QED) is 0.590. The van der Waals surface area contributed by atoms with Gasteiger partial charge < -0.3 is 0 Å². The average Bonchev–Trinajstić information content (AvgIpc) is 2.44. The second kappa shape index (κ2) is 2.74. The first kappa shape index (κ1) is 7.53. The van der Waals surface area contributed by atoms with Crippen molar-refractivity contribution >= 4 is 32.4 Å². The van der Waals surface area contributed by atoms with Crippen molar-refractivity contribution in [3.63, 3.8) is 0 Å². The summed E-state index contributed by atoms with van der Waals surface area (Å²) >= 11 is 3.35. The Balaban J connectivity index is 2.99. The number of hydrogen-bond acceptors (Lipinski definition) is 1. The predicted octanol–water partition coefficient (Wildman–Crippen LogP) is 0.742. The maximum absolute atomic E-state index is 10.4. The first-order valence-corrected chi connectivity index (χ1v) is 4.34. The lowest BCUT2D eigenvalue weighted by molar-refractivity contribution is 0.568. The minimum absolute atomic E-state index is 0.594. The molecule has 0 amide bonds. The highest BCUT2D eigenvalue weighted by molar-refractivity contribution is 9.15. The van der Waals surface area contributed by atoms with E-state index in [1.54, 1.807) is 0 Å². The highest BCUT2D eigenvalue weighted by Crippen LogP contribution is 2.17. The van der Waals surface area contributed by atoms with E-state index in [0.29, 0.717) is 5.57 Å². The molecular weight excluding hydrogens is 216 g/mol. The van der Waals surface area contributed by atoms with Gasteiger partial charge in [0.05, 0.1) is 5.57 Å². The molecule has 0 bridgehead atoms. The SMILES string of the molecule is O=C=C1C=c2ccccc2=C1Br. The van der Waals surface area contributed by atoms with Crippen LogP contribution >= 0.6 is 15.9 Å². The van der Waals surface area contributed by atoms with E-state index >= 15 is 0 Å². The van der Waals surface area contributed by atoms with E-state index in [9.17, 15) is 4.79 Å². The van der Waals surface area contributed by atoms with E-state index in [4.69, 9.17) is 0 Å². The lowest BCUT2D eigenvalue weighted by Crippen LogP contribution is -2.20. The number of carbonyl (C=O) groups excluding carboxylic acids is 1. The topological polar surface area (TPSA) is 17.1 Å². The lowest BCUT2D eigenvalue weighted by atomic mass is 10.3. The third-order valence-corrected chi connectivity index (χ3v) is 2.70. The van der Waals surface area contributed by atoms with Crippen LogP contribution in [0.25, 0.3) is 10.6 Å². The molecule has 0 saturated carbocycles. The average molecular weight is 221 g/mol. The van der Waals surface area contributed by atoms with Crippen molar-refractivity contribution in [3.05, 3.63) is 40.3 Å². The Morgan fingerprint density at radius 2 is 2.00 bits per heavy atom. The summed E-state index contributed by atoms with van der Waals surface area (Å²) in [6.07, 6.45) is 1.83. The van der Waals surface area contributed by atoms with Gasteiger partial charge >= 0.3 is 0 Å². The second-order valence-corrected chi connectivity index (χ2v) is 3.35. The van der Waals surface area contributed by atoms with Crippen molar-refractivity contribution < 1.29 is 4.79 Å². The molecule has 0 fully saturated rings. The monoisotopic (exact) mass is 220 g/mol. The maximum Gasteiger partial charge on any atom is 0.133 e. The highest BCUT2D eigenvalue weighted by atomic mass is 79.9. The molecule has 0 N–H and O–H groups in total. The van der Waals surface area contributed by atoms with Gasteiger partial charge in [-0.25, -0.2) is 4.79 Å². The van der Waals surface area contributed by atoms with E-state index in [0.717, 1.165) is 14.9 Å². The van der Waals surface area contributed by atoms with Gasteiger partial charge in [-0.3, -0.25) is 0 Å². The molecule has 1 aromatic rings. The largest absolute Gasteiger partial charge is 0.233 e. The number of fused-ring (bicyclic) bond motifs is 1. The fourth-order valence-electron chi connectivity index (χ4n) is 1.26. The van der Waals surface area contributed by atoms with Crippen molar-refractivity contribution in [1.82, 2.24) is 0 Å². The molecule has 0 atom stereocenters. The fraction of sp³-hybridized carbons (Fsp3) is 0. The molecule has 0 aromatic heterocycles. The van der Waals surface area contributed by atoms with Gasteiger partial charge in [-0.1, -0.05) is 24.3 Å². The van der Waals surface area contributed by atoms with Gasteiger partial charge in [0.25, 0.3) is 0 Å². The summed E-state index contributed by atoms with van der Waals surface area (Å²) in [6, 6.07) is 7.84. The Kier molecular flexibility index (Phi) is 1.72. The third kappa shape index (κ3) is 0.970. The van der Waals surface area contributed by atoms with Gasteiger partial charge in [0, 0.05) is 4.48 Å². The summed E-state index contributed by atoms with van der Waals surface area (Å²) in [5.41, 5.74) is 0.594. The first-order valence-electron chi connectivity index (χ1n) is 3.55. The molecule has 1 aliphatic carbocycles. The van der Waals surface area contributed by atoms with E-state index in [2.05, 4.69) is 15.9 Å². The highest BCUT2D eigenvalue weighted by Gasteiger charge is 2.07. The van der Waals surface area contributed by atoms with Crippen LogP contribution in [0.1, 0.15) is 0 Å². The molecular formula is C10H5BrO. The maximum atomic E-state index is 10.4. The van der Waals surface area contributed by atoms with Crippen molar-refractivity contribution in [2.75, 3.05) is 0 Å². The van der Waals surface area contributed by atoms with Gasteiger partial charge in [0.1, 0.15) is 5.94 Å². The Morgan fingerprint density at radius 1 is 1.25 bits per heavy atom. The normalized spacial score (nSPS) is 13.8. The summed E-state index contributed by atoms with van der Waals surface area (Å²) in [4.78, 5) is 10.4. The van der Waals surface area contributed by atoms with Crippen LogP contribution < -0.4 is 10.4 Å². The van der Waals surface area contributed by atoms with Crippen LogP contribution in [0.5, 0.6) is 0 Å². The zero-order valence-corrected chi connectivity index (χ0v) is 7.76. The van der Waals surface area contributed by atoms with Crippen LogP contribution in [-0.4, -0.2) is 5.94 Å². The summed E-state index contributed by atoms with van der Waals surface area (Å²) < 4.78 is 0.841. The minimum atomic E-state index is 0.594. The van der Waals surface area contributed by atoms with Gasteiger partial charge in [0.2, 0.25) is 0 Å². The number of allylic oxidation sites excluding steroid dienone is 1. The summed E-state index contributed by atoms with van der Waals surface area (Å²) in [5, 5.41) is 2.14. The van der Waals surface area contributed by atoms with Crippen LogP contribution in [-0.2, 0) is 4.79 Å². The smallest absolute Gasteiger partial charge is 0.133 e. The van der Waals surface area contributed by atoms with E-state index in [1.165, 1.54) is 0 Å². The molecule has 0 unspecified atom stereocenters. The lowest BCUT2D eigenvalue weighted by Gasteiger charge is -1.85. The number of benzene rings is 1. The molecule has 12 heavy (non-hydrogen) atoms. The van der Waals surface area contributed by atoms with Crippen LogP contribution in [0.2, 0.25) is 0 Å². The molecule has 1 aliphatic rings. The zero-order chi connectivity index (χ0) is 8.55. The van der Waals surface area contributed by atoms with E-state index in [-0.39, 0.29) is 0 Å². The summed E-state index contributed by atoms with van der Waals surface area (Å²) in [6.45, 7) is 0. The molecule has 1 aromatic carbocycles. The van der Waals surface area contributed by atoms with Gasteiger partial charge in [-0.15, -0.1) is 0 Å². The molecule has 0 saturated heterocycles. The second-order valence-electron chi connectivity index (χ2n) is 2.56. The zero-order valence-electron chi connectivity index (χ0n) is 6.17. The fourth-order valence-corrected chi connectivity index (χ4v) is 1.82. The number of halogens is 1. The van der Waals surface area contributed by atoms with Crippen molar-refractivity contribution in [2.45, 2.75) is 0 Å². The predicted molar refractivity (Wildman–Crippen MR) is 51.7 cm³/mol. The number of rotatable bonds is 0. The van der Waals surface area contributed by atoms with Gasteiger partial charge in [-0.05, 0) is 32.4 Å². The Labute approximate surface area is 77.8 Å². The van der Waals surface area contributed by atoms with Crippen LogP contribution in [0.15, 0.2) is 29.8 Å². The van der Waals surface area contributed by atoms with Gasteiger partial charge in [0.15, 0.2) is 0 Å². The Hall–Kier alpha value is -1.11.